The molecule has 0 saturated carbocycles. The molecule has 1 aliphatic rings. The molecule has 3 aromatic rings. The largest absolute Gasteiger partial charge is 0.416 e. The lowest BCUT2D eigenvalue weighted by Gasteiger charge is -2.28. The van der Waals surface area contributed by atoms with Crippen LogP contribution in [0, 0.1) is 6.92 Å². The molecule has 1 unspecified atom stereocenters. The molecule has 0 aromatic heterocycles. The third kappa shape index (κ3) is 9.13. The third-order valence-corrected chi connectivity index (χ3v) is 5.94. The highest BCUT2D eigenvalue weighted by molar-refractivity contribution is 6.08. The van der Waals surface area contributed by atoms with Crippen LogP contribution in [-0.4, -0.2) is 5.84 Å². The number of para-hydroxylation sites is 1. The second kappa shape index (κ2) is 14.8. The first-order chi connectivity index (χ1) is 19.3. The number of nitrogens with one attached hydrogen (secondary N) is 2. The van der Waals surface area contributed by atoms with Crippen LogP contribution in [0.1, 0.15) is 86.5 Å². The first kappa shape index (κ1) is 33.5. The smallest absolute Gasteiger partial charge is 0.359 e. The van der Waals surface area contributed by atoms with E-state index in [1.54, 1.807) is 24.3 Å². The number of nitrogens with zero attached hydrogens (tertiary/aromatic N) is 1. The maximum Gasteiger partial charge on any atom is 0.416 e. The highest BCUT2D eigenvalue weighted by Crippen LogP contribution is 2.38. The third-order valence-electron chi connectivity index (χ3n) is 5.94. The first-order valence-electron chi connectivity index (χ1n) is 13.5. The van der Waals surface area contributed by atoms with Gasteiger partial charge in [0.2, 0.25) is 0 Å². The van der Waals surface area contributed by atoms with Crippen LogP contribution >= 0.6 is 0 Å². The average molecular weight is 578 g/mol. The Morgan fingerprint density at radius 2 is 1.44 bits per heavy atom. The van der Waals surface area contributed by atoms with E-state index in [-0.39, 0.29) is 17.1 Å². The zero-order valence-electron chi connectivity index (χ0n) is 24.0. The Morgan fingerprint density at radius 3 is 2.00 bits per heavy atom. The van der Waals surface area contributed by atoms with Crippen LogP contribution in [0.4, 0.5) is 32.0 Å². The van der Waals surface area contributed by atoms with Crippen molar-refractivity contribution in [3.63, 3.8) is 0 Å². The van der Waals surface area contributed by atoms with E-state index in [0.29, 0.717) is 22.4 Å². The van der Waals surface area contributed by atoms with Crippen LogP contribution in [0.2, 0.25) is 0 Å². The molecule has 41 heavy (non-hydrogen) atoms. The molecule has 1 atom stereocenters. The van der Waals surface area contributed by atoms with Gasteiger partial charge in [-0.3, -0.25) is 0 Å². The second-order valence-corrected chi connectivity index (χ2v) is 9.49. The van der Waals surface area contributed by atoms with Gasteiger partial charge in [-0.25, -0.2) is 4.99 Å². The monoisotopic (exact) mass is 577 g/mol. The number of hydrogen-bond donors (Lipinski definition) is 2. The number of aryl methyl sites for hydroxylation is 1. The molecule has 3 nitrogen and oxygen atoms in total. The Labute approximate surface area is 238 Å². The van der Waals surface area contributed by atoms with Crippen molar-refractivity contribution < 1.29 is 26.3 Å². The normalized spacial score (nSPS) is 14.2. The lowest BCUT2D eigenvalue weighted by atomic mass is 10.0. The first-order valence-corrected chi connectivity index (χ1v) is 13.5. The summed E-state index contributed by atoms with van der Waals surface area (Å²) in [6.07, 6.45) is -6.20. The lowest BCUT2D eigenvalue weighted by Crippen LogP contribution is -2.30. The van der Waals surface area contributed by atoms with E-state index in [1.165, 1.54) is 50.5 Å². The molecule has 1 aliphatic heterocycles. The fourth-order valence-electron chi connectivity index (χ4n) is 3.82. The Hall–Kier alpha value is -3.75. The number of anilines is 1. The van der Waals surface area contributed by atoms with E-state index >= 15 is 0 Å². The minimum Gasteiger partial charge on any atom is -0.359 e. The van der Waals surface area contributed by atoms with Gasteiger partial charge in [-0.05, 0) is 42.8 Å². The second-order valence-electron chi connectivity index (χ2n) is 9.49. The van der Waals surface area contributed by atoms with Gasteiger partial charge in [0.05, 0.1) is 11.1 Å². The molecule has 0 amide bonds. The maximum atomic E-state index is 13.6. The maximum absolute atomic E-state index is 13.6. The van der Waals surface area contributed by atoms with E-state index in [0.717, 1.165) is 18.2 Å². The van der Waals surface area contributed by atoms with Crippen molar-refractivity contribution in [2.24, 2.45) is 4.99 Å². The minimum atomic E-state index is -4.57. The van der Waals surface area contributed by atoms with Gasteiger partial charge in [0.15, 0.2) is 0 Å². The zero-order valence-corrected chi connectivity index (χ0v) is 24.0. The SMILES string of the molecule is C=C(NC1=NC(c2ccccc2C(F)(F)F)Nc2ccccc21)c1ccc(C(F)(F)F)cc1C.CCC.CCCC. The van der Waals surface area contributed by atoms with Crippen LogP contribution in [0.15, 0.2) is 78.3 Å². The predicted molar refractivity (Wildman–Crippen MR) is 156 cm³/mol. The molecule has 1 heterocycles. The van der Waals surface area contributed by atoms with Gasteiger partial charge in [-0.1, -0.05) is 89.9 Å². The fourth-order valence-corrected chi connectivity index (χ4v) is 3.82. The van der Waals surface area contributed by atoms with Crippen LogP contribution < -0.4 is 10.6 Å². The lowest BCUT2D eigenvalue weighted by molar-refractivity contribution is -0.138. The Kier molecular flexibility index (Phi) is 12.0. The van der Waals surface area contributed by atoms with Gasteiger partial charge in [0, 0.05) is 28.1 Å². The number of fused-ring (bicyclic) bond motifs is 1. The number of halogens is 6. The Balaban J connectivity index is 0.000000759. The molecule has 9 heteroatoms. The fraction of sp³-hybridized carbons (Fsp3) is 0.344. The van der Waals surface area contributed by atoms with Crippen molar-refractivity contribution in [3.8, 4) is 0 Å². The summed E-state index contributed by atoms with van der Waals surface area (Å²) >= 11 is 0. The number of amidine groups is 1. The van der Waals surface area contributed by atoms with Crippen molar-refractivity contribution in [2.75, 3.05) is 5.32 Å². The minimum absolute atomic E-state index is 0.0554. The quantitative estimate of drug-likeness (QED) is 0.303. The molecule has 2 N–H and O–H groups in total. The molecule has 0 aliphatic carbocycles. The van der Waals surface area contributed by atoms with Crippen molar-refractivity contribution >= 4 is 17.2 Å². The standard InChI is InChI=1S/C25H19F6N3.C4H10.C3H8/c1-14-13-16(24(26,27)28)11-12-17(14)15(2)32-23-19-8-4-6-10-21(19)33-22(34-23)18-7-3-5-9-20(18)25(29,30)31;1-3-4-2;1-3-2/h3-13,22,33H,2H2,1H3,(H,32,34);3-4H2,1-2H3;3H2,1-2H3. The number of aliphatic imine (C=N–C) groups is 1. The Morgan fingerprint density at radius 1 is 0.854 bits per heavy atom. The molecular formula is C32H37F6N3. The van der Waals surface area contributed by atoms with Gasteiger partial charge in [-0.15, -0.1) is 0 Å². The van der Waals surface area contributed by atoms with Gasteiger partial charge < -0.3 is 10.6 Å². The van der Waals surface area contributed by atoms with Crippen molar-refractivity contribution in [1.29, 1.82) is 0 Å². The van der Waals surface area contributed by atoms with Crippen LogP contribution in [-0.2, 0) is 12.4 Å². The summed E-state index contributed by atoms with van der Waals surface area (Å²) in [5, 5.41) is 6.02. The number of rotatable bonds is 4. The average Bonchev–Trinajstić information content (AvgIpc) is 2.92. The summed E-state index contributed by atoms with van der Waals surface area (Å²) in [7, 11) is 0. The van der Waals surface area contributed by atoms with Crippen LogP contribution in [0.5, 0.6) is 0 Å². The molecule has 0 saturated heterocycles. The van der Waals surface area contributed by atoms with E-state index in [2.05, 4.69) is 49.9 Å². The summed E-state index contributed by atoms with van der Waals surface area (Å²) in [5.41, 5.74) is 0.535. The van der Waals surface area contributed by atoms with Crippen molar-refractivity contribution in [1.82, 2.24) is 5.32 Å². The molecule has 0 radical (unpaired) electrons. The molecule has 0 fully saturated rings. The predicted octanol–water partition coefficient (Wildman–Crippen LogP) is 10.4. The van der Waals surface area contributed by atoms with Gasteiger partial charge in [-0.2, -0.15) is 26.3 Å². The summed E-state index contributed by atoms with van der Waals surface area (Å²) < 4.78 is 79.9. The summed E-state index contributed by atoms with van der Waals surface area (Å²) in [4.78, 5) is 4.47. The van der Waals surface area contributed by atoms with Gasteiger partial charge in [0.1, 0.15) is 12.0 Å². The topological polar surface area (TPSA) is 36.4 Å². The zero-order chi connectivity index (χ0) is 30.8. The van der Waals surface area contributed by atoms with Gasteiger partial charge >= 0.3 is 12.4 Å². The molecule has 0 bridgehead atoms. The molecule has 3 aromatic carbocycles. The van der Waals surface area contributed by atoms with Gasteiger partial charge in [0.25, 0.3) is 0 Å². The molecular weight excluding hydrogens is 540 g/mol. The van der Waals surface area contributed by atoms with E-state index in [9.17, 15) is 26.3 Å². The molecule has 222 valence electrons. The number of unbranched alkanes of at least 4 members (excludes halogenated alkanes) is 1. The molecule has 0 spiro atoms. The van der Waals surface area contributed by atoms with Crippen LogP contribution in [0.25, 0.3) is 5.70 Å². The van der Waals surface area contributed by atoms with Crippen LogP contribution in [0.3, 0.4) is 0 Å². The number of alkyl halides is 6. The Bertz CT molecular complexity index is 1320. The number of hydrogen-bond acceptors (Lipinski definition) is 3. The van der Waals surface area contributed by atoms with Crippen molar-refractivity contribution in [2.45, 2.75) is 72.4 Å². The number of benzene rings is 3. The van der Waals surface area contributed by atoms with Crippen molar-refractivity contribution in [3.05, 3.63) is 107 Å². The molecule has 4 rings (SSSR count). The highest BCUT2D eigenvalue weighted by atomic mass is 19.4. The summed E-state index contributed by atoms with van der Waals surface area (Å²) in [6, 6.07) is 15.3. The highest BCUT2D eigenvalue weighted by Gasteiger charge is 2.36. The van der Waals surface area contributed by atoms with E-state index in [4.69, 9.17) is 0 Å². The van der Waals surface area contributed by atoms with E-state index < -0.39 is 29.6 Å². The summed E-state index contributed by atoms with van der Waals surface area (Å²) in [5.74, 6) is 0.251. The van der Waals surface area contributed by atoms with E-state index in [1.807, 2.05) is 0 Å². The summed E-state index contributed by atoms with van der Waals surface area (Å²) in [6.45, 7) is 14.1.